The average molecular weight is 374 g/mol. The Balaban J connectivity index is 2.04. The molecule has 0 fully saturated rings. The molecule has 138 valence electrons. The zero-order valence-corrected chi connectivity index (χ0v) is 16.1. The first kappa shape index (κ1) is 20.0. The number of hydrogen-bond acceptors (Lipinski definition) is 3. The first-order valence-corrected chi connectivity index (χ1v) is 8.91. The van der Waals surface area contributed by atoms with Crippen LogP contribution in [0.2, 0.25) is 5.02 Å². The lowest BCUT2D eigenvalue weighted by atomic mass is 9.98. The lowest BCUT2D eigenvalue weighted by Gasteiger charge is -2.20. The van der Waals surface area contributed by atoms with E-state index in [0.717, 1.165) is 16.7 Å². The lowest BCUT2D eigenvalue weighted by Crippen LogP contribution is -2.32. The van der Waals surface area contributed by atoms with Crippen LogP contribution in [0.4, 0.5) is 4.79 Å². The van der Waals surface area contributed by atoms with E-state index >= 15 is 0 Å². The molecule has 0 aliphatic heterocycles. The second-order valence-electron chi connectivity index (χ2n) is 7.11. The average Bonchev–Trinajstić information content (AvgIpc) is 2.55. The Morgan fingerprint density at radius 3 is 2.35 bits per heavy atom. The summed E-state index contributed by atoms with van der Waals surface area (Å²) in [6, 6.07) is 15.0. The number of benzene rings is 2. The van der Waals surface area contributed by atoms with Gasteiger partial charge in [-0.15, -0.1) is 0 Å². The number of carbonyl (C=O) groups is 2. The minimum Gasteiger partial charge on any atom is -0.444 e. The number of alkyl carbamates (subject to hydrolysis) is 1. The largest absolute Gasteiger partial charge is 0.444 e. The highest BCUT2D eigenvalue weighted by molar-refractivity contribution is 6.31. The minimum atomic E-state index is -0.563. The molecule has 0 aliphatic carbocycles. The van der Waals surface area contributed by atoms with E-state index in [0.29, 0.717) is 11.4 Å². The third kappa shape index (κ3) is 6.52. The van der Waals surface area contributed by atoms with Crippen molar-refractivity contribution in [3.05, 3.63) is 70.2 Å². The summed E-state index contributed by atoms with van der Waals surface area (Å²) in [6.07, 6.45) is 0.0734. The standard InChI is InChI=1S/C21H24ClNO3/c1-21(2,3)26-20(25)23-14-16-10-7-11-19(22)18(16)13-17(24)12-15-8-5-4-6-9-15/h4-11H,12-14H2,1-3H3,(H,23,25). The van der Waals surface area contributed by atoms with E-state index in [1.165, 1.54) is 0 Å². The highest BCUT2D eigenvalue weighted by Gasteiger charge is 2.17. The van der Waals surface area contributed by atoms with Crippen molar-refractivity contribution in [2.75, 3.05) is 0 Å². The van der Waals surface area contributed by atoms with Gasteiger partial charge in [-0.25, -0.2) is 4.79 Å². The maximum absolute atomic E-state index is 12.4. The fraction of sp³-hybridized carbons (Fsp3) is 0.333. The molecule has 0 unspecified atom stereocenters. The predicted molar refractivity (Wildman–Crippen MR) is 103 cm³/mol. The van der Waals surface area contributed by atoms with E-state index in [1.807, 2.05) is 36.4 Å². The molecule has 1 amide bonds. The van der Waals surface area contributed by atoms with Crippen molar-refractivity contribution in [1.29, 1.82) is 0 Å². The molecule has 0 aromatic heterocycles. The second kappa shape index (κ2) is 8.86. The number of rotatable bonds is 6. The molecule has 0 saturated heterocycles. The molecule has 2 rings (SSSR count). The molecule has 0 aliphatic rings. The number of ether oxygens (including phenoxy) is 1. The molecule has 0 saturated carbocycles. The number of carbonyl (C=O) groups excluding carboxylic acids is 2. The number of amides is 1. The SMILES string of the molecule is CC(C)(C)OC(=O)NCc1cccc(Cl)c1CC(=O)Cc1ccccc1. The van der Waals surface area contributed by atoms with Gasteiger partial charge in [0.25, 0.3) is 0 Å². The summed E-state index contributed by atoms with van der Waals surface area (Å²) in [5.41, 5.74) is 1.96. The molecular weight excluding hydrogens is 350 g/mol. The highest BCUT2D eigenvalue weighted by Crippen LogP contribution is 2.22. The molecule has 2 aromatic rings. The summed E-state index contributed by atoms with van der Waals surface area (Å²) >= 11 is 6.30. The molecule has 0 atom stereocenters. The molecular formula is C21H24ClNO3. The third-order valence-electron chi connectivity index (χ3n) is 3.66. The van der Waals surface area contributed by atoms with Crippen LogP contribution >= 0.6 is 11.6 Å². The zero-order valence-electron chi connectivity index (χ0n) is 15.3. The summed E-state index contributed by atoms with van der Waals surface area (Å²) in [4.78, 5) is 24.3. The van der Waals surface area contributed by atoms with Gasteiger partial charge in [-0.1, -0.05) is 54.1 Å². The van der Waals surface area contributed by atoms with Crippen LogP contribution in [-0.2, 0) is 28.9 Å². The molecule has 0 bridgehead atoms. The van der Waals surface area contributed by atoms with Gasteiger partial charge in [-0.3, -0.25) is 4.79 Å². The molecule has 0 radical (unpaired) electrons. The highest BCUT2D eigenvalue weighted by atomic mass is 35.5. The lowest BCUT2D eigenvalue weighted by molar-refractivity contribution is -0.117. The topological polar surface area (TPSA) is 55.4 Å². The van der Waals surface area contributed by atoms with Gasteiger partial charge in [0.05, 0.1) is 0 Å². The quantitative estimate of drug-likeness (QED) is 0.797. The number of halogens is 1. The summed E-state index contributed by atoms with van der Waals surface area (Å²) in [5.74, 6) is 0.0721. The van der Waals surface area contributed by atoms with Crippen LogP contribution in [0.1, 0.15) is 37.5 Å². The van der Waals surface area contributed by atoms with Crippen molar-refractivity contribution in [2.45, 2.75) is 45.8 Å². The van der Waals surface area contributed by atoms with Gasteiger partial charge in [0.1, 0.15) is 11.4 Å². The van der Waals surface area contributed by atoms with Crippen molar-refractivity contribution in [2.24, 2.45) is 0 Å². The molecule has 0 heterocycles. The van der Waals surface area contributed by atoms with Gasteiger partial charge >= 0.3 is 6.09 Å². The normalized spacial score (nSPS) is 11.1. The maximum atomic E-state index is 12.4. The fourth-order valence-electron chi connectivity index (χ4n) is 2.53. The van der Waals surface area contributed by atoms with Crippen LogP contribution in [0, 0.1) is 0 Å². The summed E-state index contributed by atoms with van der Waals surface area (Å²) in [6.45, 7) is 5.67. The van der Waals surface area contributed by atoms with E-state index in [-0.39, 0.29) is 18.7 Å². The van der Waals surface area contributed by atoms with Crippen molar-refractivity contribution in [1.82, 2.24) is 5.32 Å². The van der Waals surface area contributed by atoms with Crippen molar-refractivity contribution < 1.29 is 14.3 Å². The van der Waals surface area contributed by atoms with E-state index < -0.39 is 11.7 Å². The van der Waals surface area contributed by atoms with E-state index in [1.54, 1.807) is 32.9 Å². The van der Waals surface area contributed by atoms with Gasteiger partial charge in [-0.05, 0) is 43.5 Å². The second-order valence-corrected chi connectivity index (χ2v) is 7.52. The van der Waals surface area contributed by atoms with Gasteiger partial charge in [-0.2, -0.15) is 0 Å². The maximum Gasteiger partial charge on any atom is 0.407 e. The molecule has 2 aromatic carbocycles. The van der Waals surface area contributed by atoms with E-state index in [2.05, 4.69) is 5.32 Å². The number of hydrogen-bond donors (Lipinski definition) is 1. The van der Waals surface area contributed by atoms with Crippen molar-refractivity contribution in [3.63, 3.8) is 0 Å². The van der Waals surface area contributed by atoms with Crippen LogP contribution in [0.3, 0.4) is 0 Å². The molecule has 1 N–H and O–H groups in total. The van der Waals surface area contributed by atoms with Gasteiger partial charge in [0.2, 0.25) is 0 Å². The number of Topliss-reactive ketones (excluding diaryl/α,β-unsaturated/α-hetero) is 1. The minimum absolute atomic E-state index is 0.0721. The molecule has 26 heavy (non-hydrogen) atoms. The Morgan fingerprint density at radius 1 is 1.00 bits per heavy atom. The Morgan fingerprint density at radius 2 is 1.69 bits per heavy atom. The van der Waals surface area contributed by atoms with E-state index in [4.69, 9.17) is 16.3 Å². The smallest absolute Gasteiger partial charge is 0.407 e. The van der Waals surface area contributed by atoms with Crippen molar-refractivity contribution in [3.8, 4) is 0 Å². The molecule has 5 heteroatoms. The molecule has 0 spiro atoms. The first-order chi connectivity index (χ1) is 12.2. The zero-order chi connectivity index (χ0) is 19.2. The van der Waals surface area contributed by atoms with Crippen LogP contribution in [0.5, 0.6) is 0 Å². The fourth-order valence-corrected chi connectivity index (χ4v) is 2.79. The van der Waals surface area contributed by atoms with Gasteiger partial charge in [0.15, 0.2) is 0 Å². The Hall–Kier alpha value is -2.33. The number of nitrogens with one attached hydrogen (secondary N) is 1. The summed E-state index contributed by atoms with van der Waals surface area (Å²) in [5, 5.41) is 3.24. The van der Waals surface area contributed by atoms with Crippen LogP contribution in [0.15, 0.2) is 48.5 Å². The number of ketones is 1. The van der Waals surface area contributed by atoms with Crippen LogP contribution in [0.25, 0.3) is 0 Å². The Bertz CT molecular complexity index is 767. The van der Waals surface area contributed by atoms with Gasteiger partial charge < -0.3 is 10.1 Å². The van der Waals surface area contributed by atoms with Crippen LogP contribution < -0.4 is 5.32 Å². The van der Waals surface area contributed by atoms with Gasteiger partial charge in [0, 0.05) is 24.4 Å². The van der Waals surface area contributed by atoms with Crippen molar-refractivity contribution >= 4 is 23.5 Å². The van der Waals surface area contributed by atoms with Crippen LogP contribution in [-0.4, -0.2) is 17.5 Å². The molecule has 4 nitrogen and oxygen atoms in total. The third-order valence-corrected chi connectivity index (χ3v) is 4.01. The predicted octanol–water partition coefficient (Wildman–Crippen LogP) is 4.72. The Labute approximate surface area is 159 Å². The summed E-state index contributed by atoms with van der Waals surface area (Å²) < 4.78 is 5.24. The van der Waals surface area contributed by atoms with E-state index in [9.17, 15) is 9.59 Å². The monoisotopic (exact) mass is 373 g/mol. The first-order valence-electron chi connectivity index (χ1n) is 8.53. The Kier molecular flexibility index (Phi) is 6.81. The summed E-state index contributed by atoms with van der Waals surface area (Å²) in [7, 11) is 0.